The minimum Gasteiger partial charge on any atom is -0.342 e. The summed E-state index contributed by atoms with van der Waals surface area (Å²) >= 11 is 0. The third-order valence-electron chi connectivity index (χ3n) is 3.22. The molecule has 1 spiro atoms. The van der Waals surface area contributed by atoms with Crippen LogP contribution >= 0.6 is 0 Å². The second-order valence-corrected chi connectivity index (χ2v) is 4.12. The van der Waals surface area contributed by atoms with Crippen LogP contribution in [-0.4, -0.2) is 37.0 Å². The van der Waals surface area contributed by atoms with E-state index in [4.69, 9.17) is 0 Å². The lowest BCUT2D eigenvalue weighted by atomic mass is 9.87. The van der Waals surface area contributed by atoms with Crippen molar-refractivity contribution in [3.05, 3.63) is 0 Å². The van der Waals surface area contributed by atoms with Crippen molar-refractivity contribution in [1.29, 1.82) is 0 Å². The lowest BCUT2D eigenvalue weighted by molar-refractivity contribution is -0.128. The third kappa shape index (κ3) is 1.22. The maximum atomic E-state index is 11.1. The van der Waals surface area contributed by atoms with Crippen LogP contribution in [0.1, 0.15) is 19.8 Å². The molecule has 68 valence electrons. The van der Waals surface area contributed by atoms with E-state index in [1.807, 2.05) is 4.90 Å². The Morgan fingerprint density at radius 3 is 2.83 bits per heavy atom. The van der Waals surface area contributed by atoms with Crippen LogP contribution in [0.3, 0.4) is 0 Å². The number of hydrogen-bond donors (Lipinski definition) is 1. The van der Waals surface area contributed by atoms with E-state index in [0.29, 0.717) is 5.41 Å². The van der Waals surface area contributed by atoms with Gasteiger partial charge in [-0.25, -0.2) is 0 Å². The number of carbonyl (C=O) groups is 1. The summed E-state index contributed by atoms with van der Waals surface area (Å²) in [6, 6.07) is 0. The predicted octanol–water partition coefficient (Wildman–Crippen LogP) is 0.218. The fourth-order valence-corrected chi connectivity index (χ4v) is 2.35. The van der Waals surface area contributed by atoms with Gasteiger partial charge in [0.15, 0.2) is 0 Å². The molecule has 3 nitrogen and oxygen atoms in total. The number of hydrogen-bond acceptors (Lipinski definition) is 2. The Morgan fingerprint density at radius 2 is 2.33 bits per heavy atom. The molecule has 0 aromatic heterocycles. The number of nitrogens with one attached hydrogen (secondary N) is 1. The molecule has 2 heterocycles. The molecule has 1 amide bonds. The number of amides is 1. The van der Waals surface area contributed by atoms with Crippen LogP contribution in [0, 0.1) is 5.41 Å². The van der Waals surface area contributed by atoms with E-state index in [2.05, 4.69) is 5.32 Å². The Balaban J connectivity index is 2.01. The van der Waals surface area contributed by atoms with Crippen LogP contribution in [-0.2, 0) is 4.79 Å². The van der Waals surface area contributed by atoms with E-state index in [9.17, 15) is 4.79 Å². The van der Waals surface area contributed by atoms with E-state index in [1.54, 1.807) is 6.92 Å². The van der Waals surface area contributed by atoms with Gasteiger partial charge in [-0.05, 0) is 19.4 Å². The minimum atomic E-state index is 0.235. The summed E-state index contributed by atoms with van der Waals surface area (Å²) in [5.41, 5.74) is 0.436. The molecule has 1 N–H and O–H groups in total. The summed E-state index contributed by atoms with van der Waals surface area (Å²) in [5.74, 6) is 0.235. The molecular formula is C9H16N2O. The molecule has 0 radical (unpaired) electrons. The molecule has 0 aromatic rings. The number of nitrogens with zero attached hydrogens (tertiary/aromatic N) is 1. The summed E-state index contributed by atoms with van der Waals surface area (Å²) in [7, 11) is 0. The SMILES string of the molecule is CC(=O)N1CC[C@@]2(CCNC2)C1. The molecule has 2 rings (SSSR count). The molecule has 0 unspecified atom stereocenters. The van der Waals surface area contributed by atoms with Crippen molar-refractivity contribution < 1.29 is 4.79 Å². The molecule has 1 atom stereocenters. The monoisotopic (exact) mass is 168 g/mol. The molecule has 2 aliphatic rings. The van der Waals surface area contributed by atoms with Crippen LogP contribution in [0.5, 0.6) is 0 Å². The van der Waals surface area contributed by atoms with E-state index in [1.165, 1.54) is 12.8 Å². The molecule has 12 heavy (non-hydrogen) atoms. The van der Waals surface area contributed by atoms with Crippen molar-refractivity contribution in [2.75, 3.05) is 26.2 Å². The Bertz CT molecular complexity index is 197. The molecule has 0 saturated carbocycles. The standard InChI is InChI=1S/C9H16N2O/c1-8(12)11-5-3-9(7-11)2-4-10-6-9/h10H,2-7H2,1H3/t9-/m1/s1. The number of carbonyl (C=O) groups excluding carboxylic acids is 1. The van der Waals surface area contributed by atoms with Crippen molar-refractivity contribution >= 4 is 5.91 Å². The van der Waals surface area contributed by atoms with Gasteiger partial charge in [0, 0.05) is 32.0 Å². The number of likely N-dealkylation sites (tertiary alicyclic amines) is 1. The normalized spacial score (nSPS) is 34.9. The van der Waals surface area contributed by atoms with Gasteiger partial charge >= 0.3 is 0 Å². The van der Waals surface area contributed by atoms with Crippen molar-refractivity contribution in [2.24, 2.45) is 5.41 Å². The first kappa shape index (κ1) is 8.05. The van der Waals surface area contributed by atoms with Crippen LogP contribution in [0.4, 0.5) is 0 Å². The Labute approximate surface area is 73.1 Å². The molecular weight excluding hydrogens is 152 g/mol. The second kappa shape index (κ2) is 2.73. The Kier molecular flexibility index (Phi) is 1.83. The van der Waals surface area contributed by atoms with Gasteiger partial charge in [0.05, 0.1) is 0 Å². The Hall–Kier alpha value is -0.570. The van der Waals surface area contributed by atoms with Gasteiger partial charge in [0.1, 0.15) is 0 Å². The molecule has 2 saturated heterocycles. The first-order chi connectivity index (χ1) is 5.72. The van der Waals surface area contributed by atoms with Gasteiger partial charge in [-0.3, -0.25) is 4.79 Å². The van der Waals surface area contributed by atoms with E-state index in [0.717, 1.165) is 26.2 Å². The van der Waals surface area contributed by atoms with Gasteiger partial charge in [0.2, 0.25) is 5.91 Å². The van der Waals surface area contributed by atoms with E-state index in [-0.39, 0.29) is 5.91 Å². The first-order valence-corrected chi connectivity index (χ1v) is 4.68. The van der Waals surface area contributed by atoms with Crippen molar-refractivity contribution in [3.8, 4) is 0 Å². The molecule has 0 aliphatic carbocycles. The van der Waals surface area contributed by atoms with Gasteiger partial charge in [-0.1, -0.05) is 0 Å². The van der Waals surface area contributed by atoms with Gasteiger partial charge in [-0.15, -0.1) is 0 Å². The zero-order chi connectivity index (χ0) is 8.60. The highest BCUT2D eigenvalue weighted by Crippen LogP contribution is 2.35. The highest BCUT2D eigenvalue weighted by molar-refractivity contribution is 5.73. The zero-order valence-corrected chi connectivity index (χ0v) is 7.60. The molecule has 0 bridgehead atoms. The predicted molar refractivity (Wildman–Crippen MR) is 46.8 cm³/mol. The summed E-state index contributed by atoms with van der Waals surface area (Å²) < 4.78 is 0. The summed E-state index contributed by atoms with van der Waals surface area (Å²) in [5, 5.41) is 3.38. The second-order valence-electron chi connectivity index (χ2n) is 4.12. The topological polar surface area (TPSA) is 32.3 Å². The average molecular weight is 168 g/mol. The molecule has 3 heteroatoms. The maximum absolute atomic E-state index is 11.1. The smallest absolute Gasteiger partial charge is 0.219 e. The van der Waals surface area contributed by atoms with E-state index < -0.39 is 0 Å². The summed E-state index contributed by atoms with van der Waals surface area (Å²) in [6.45, 7) is 5.86. The van der Waals surface area contributed by atoms with Crippen LogP contribution in [0.2, 0.25) is 0 Å². The maximum Gasteiger partial charge on any atom is 0.219 e. The van der Waals surface area contributed by atoms with Crippen molar-refractivity contribution in [3.63, 3.8) is 0 Å². The fraction of sp³-hybridized carbons (Fsp3) is 0.889. The largest absolute Gasteiger partial charge is 0.342 e. The fourth-order valence-electron chi connectivity index (χ4n) is 2.35. The number of rotatable bonds is 0. The molecule has 2 aliphatic heterocycles. The Morgan fingerprint density at radius 1 is 1.50 bits per heavy atom. The quantitative estimate of drug-likeness (QED) is 0.561. The van der Waals surface area contributed by atoms with Gasteiger partial charge in [0.25, 0.3) is 0 Å². The minimum absolute atomic E-state index is 0.235. The highest BCUT2D eigenvalue weighted by Gasteiger charge is 2.40. The lowest BCUT2D eigenvalue weighted by Gasteiger charge is -2.21. The lowest BCUT2D eigenvalue weighted by Crippen LogP contribution is -2.31. The highest BCUT2D eigenvalue weighted by atomic mass is 16.2. The average Bonchev–Trinajstić information content (AvgIpc) is 2.62. The zero-order valence-electron chi connectivity index (χ0n) is 7.60. The van der Waals surface area contributed by atoms with E-state index >= 15 is 0 Å². The van der Waals surface area contributed by atoms with Crippen molar-refractivity contribution in [2.45, 2.75) is 19.8 Å². The molecule has 0 aromatic carbocycles. The molecule has 2 fully saturated rings. The summed E-state index contributed by atoms with van der Waals surface area (Å²) in [6.07, 6.45) is 2.44. The summed E-state index contributed by atoms with van der Waals surface area (Å²) in [4.78, 5) is 13.1. The van der Waals surface area contributed by atoms with Crippen LogP contribution in [0.25, 0.3) is 0 Å². The van der Waals surface area contributed by atoms with Gasteiger partial charge in [-0.2, -0.15) is 0 Å². The first-order valence-electron chi connectivity index (χ1n) is 4.68. The third-order valence-corrected chi connectivity index (χ3v) is 3.22. The van der Waals surface area contributed by atoms with Gasteiger partial charge < -0.3 is 10.2 Å². The van der Waals surface area contributed by atoms with Crippen molar-refractivity contribution in [1.82, 2.24) is 10.2 Å². The van der Waals surface area contributed by atoms with Crippen LogP contribution < -0.4 is 5.32 Å². The van der Waals surface area contributed by atoms with Crippen LogP contribution in [0.15, 0.2) is 0 Å².